The van der Waals surface area contributed by atoms with E-state index in [1.807, 2.05) is 0 Å². The molecule has 0 atom stereocenters. The molecule has 0 radical (unpaired) electrons. The van der Waals surface area contributed by atoms with Crippen LogP contribution in [0.25, 0.3) is 0 Å². The third-order valence-corrected chi connectivity index (χ3v) is 3.70. The zero-order valence-corrected chi connectivity index (χ0v) is 12.5. The van der Waals surface area contributed by atoms with Crippen LogP contribution in [-0.4, -0.2) is 74.0 Å². The van der Waals surface area contributed by atoms with Crippen molar-refractivity contribution in [3.05, 3.63) is 0 Å². The zero-order valence-electron chi connectivity index (χ0n) is 12.5. The lowest BCUT2D eigenvalue weighted by atomic mass is 10.0. The van der Waals surface area contributed by atoms with E-state index in [1.165, 1.54) is 0 Å². The Morgan fingerprint density at radius 3 is 2.33 bits per heavy atom. The molecule has 18 heavy (non-hydrogen) atoms. The molecule has 1 rings (SSSR count). The van der Waals surface area contributed by atoms with E-state index >= 15 is 0 Å². The van der Waals surface area contributed by atoms with Crippen LogP contribution in [0.4, 0.5) is 0 Å². The summed E-state index contributed by atoms with van der Waals surface area (Å²) in [7, 11) is 6.29. The molecule has 106 valence electrons. The van der Waals surface area contributed by atoms with E-state index in [0.717, 1.165) is 45.4 Å². The van der Waals surface area contributed by atoms with E-state index in [0.29, 0.717) is 18.4 Å². The average Bonchev–Trinajstić information content (AvgIpc) is 2.31. The van der Waals surface area contributed by atoms with Crippen LogP contribution in [0.2, 0.25) is 0 Å². The highest BCUT2D eigenvalue weighted by molar-refractivity contribution is 5.76. The predicted molar refractivity (Wildman–Crippen MR) is 75.7 cm³/mol. The lowest BCUT2D eigenvalue weighted by Gasteiger charge is -2.38. The van der Waals surface area contributed by atoms with Gasteiger partial charge in [0, 0.05) is 25.6 Å². The highest BCUT2D eigenvalue weighted by atomic mass is 16.2. The second-order valence-corrected chi connectivity index (χ2v) is 5.67. The van der Waals surface area contributed by atoms with Crippen molar-refractivity contribution >= 4 is 5.91 Å². The molecule has 0 N–H and O–H groups in total. The fourth-order valence-corrected chi connectivity index (χ4v) is 2.48. The Bertz CT molecular complexity index is 247. The number of piperidine rings is 1. The van der Waals surface area contributed by atoms with Crippen LogP contribution in [0.3, 0.4) is 0 Å². The van der Waals surface area contributed by atoms with Crippen LogP contribution in [0.5, 0.6) is 0 Å². The van der Waals surface area contributed by atoms with Gasteiger partial charge in [0.25, 0.3) is 0 Å². The molecule has 0 unspecified atom stereocenters. The van der Waals surface area contributed by atoms with Crippen LogP contribution < -0.4 is 0 Å². The molecule has 1 aliphatic rings. The summed E-state index contributed by atoms with van der Waals surface area (Å²) >= 11 is 0. The summed E-state index contributed by atoms with van der Waals surface area (Å²) in [4.78, 5) is 18.9. The van der Waals surface area contributed by atoms with Crippen molar-refractivity contribution in [3.63, 3.8) is 0 Å². The SMILES string of the molecule is CCCC(=O)N(CCN(C)C)C1CCN(C)CC1. The summed E-state index contributed by atoms with van der Waals surface area (Å²) in [5.41, 5.74) is 0. The molecule has 0 aromatic rings. The largest absolute Gasteiger partial charge is 0.338 e. The number of likely N-dealkylation sites (tertiary alicyclic amines) is 1. The minimum absolute atomic E-state index is 0.342. The summed E-state index contributed by atoms with van der Waals surface area (Å²) in [6, 6.07) is 0.459. The lowest BCUT2D eigenvalue weighted by molar-refractivity contribution is -0.134. The number of hydrogen-bond acceptors (Lipinski definition) is 3. The number of carbonyl (C=O) groups excluding carboxylic acids is 1. The number of likely N-dealkylation sites (N-methyl/N-ethyl adjacent to an activating group) is 1. The summed E-state index contributed by atoms with van der Waals surface area (Å²) in [6.45, 7) is 6.14. The maximum absolute atomic E-state index is 12.2. The van der Waals surface area contributed by atoms with E-state index in [1.54, 1.807) is 0 Å². The molecule has 4 heteroatoms. The lowest BCUT2D eigenvalue weighted by Crippen LogP contribution is -2.48. The summed E-state index contributed by atoms with van der Waals surface area (Å²) < 4.78 is 0. The predicted octanol–water partition coefficient (Wildman–Crippen LogP) is 1.27. The van der Waals surface area contributed by atoms with Crippen molar-refractivity contribution in [2.75, 3.05) is 47.3 Å². The molecule has 1 saturated heterocycles. The molecule has 0 aromatic heterocycles. The van der Waals surface area contributed by atoms with Gasteiger partial charge in [-0.3, -0.25) is 4.79 Å². The van der Waals surface area contributed by atoms with Gasteiger partial charge in [-0.05, 0) is 53.5 Å². The second kappa shape index (κ2) is 7.74. The number of amides is 1. The van der Waals surface area contributed by atoms with Gasteiger partial charge in [0.15, 0.2) is 0 Å². The Morgan fingerprint density at radius 2 is 1.83 bits per heavy atom. The Labute approximate surface area is 112 Å². The van der Waals surface area contributed by atoms with Gasteiger partial charge in [-0.2, -0.15) is 0 Å². The number of carbonyl (C=O) groups is 1. The van der Waals surface area contributed by atoms with Gasteiger partial charge in [0.05, 0.1) is 0 Å². The van der Waals surface area contributed by atoms with Crippen molar-refractivity contribution in [1.82, 2.24) is 14.7 Å². The molecule has 0 spiro atoms. The van der Waals surface area contributed by atoms with Crippen molar-refractivity contribution in [1.29, 1.82) is 0 Å². The minimum atomic E-state index is 0.342. The van der Waals surface area contributed by atoms with E-state index in [4.69, 9.17) is 0 Å². The molecule has 0 saturated carbocycles. The topological polar surface area (TPSA) is 26.8 Å². The van der Waals surface area contributed by atoms with E-state index in [2.05, 4.69) is 42.8 Å². The third-order valence-electron chi connectivity index (χ3n) is 3.70. The van der Waals surface area contributed by atoms with Crippen LogP contribution in [0, 0.1) is 0 Å². The maximum atomic E-state index is 12.2. The van der Waals surface area contributed by atoms with E-state index in [-0.39, 0.29) is 0 Å². The van der Waals surface area contributed by atoms with Gasteiger partial charge in [0.1, 0.15) is 0 Å². The van der Waals surface area contributed by atoms with E-state index < -0.39 is 0 Å². The minimum Gasteiger partial charge on any atom is -0.338 e. The quantitative estimate of drug-likeness (QED) is 0.715. The zero-order chi connectivity index (χ0) is 13.5. The van der Waals surface area contributed by atoms with Gasteiger partial charge in [-0.1, -0.05) is 6.92 Å². The molecule has 4 nitrogen and oxygen atoms in total. The van der Waals surface area contributed by atoms with Gasteiger partial charge in [-0.25, -0.2) is 0 Å². The standard InChI is InChI=1S/C14H29N3O/c1-5-6-14(18)17(12-11-15(2)3)13-7-9-16(4)10-8-13/h13H,5-12H2,1-4H3. The van der Waals surface area contributed by atoms with Crippen LogP contribution in [-0.2, 0) is 4.79 Å². The van der Waals surface area contributed by atoms with Crippen molar-refractivity contribution in [3.8, 4) is 0 Å². The first-order chi connectivity index (χ1) is 8.54. The van der Waals surface area contributed by atoms with Gasteiger partial charge in [0.2, 0.25) is 5.91 Å². The fourth-order valence-electron chi connectivity index (χ4n) is 2.48. The fraction of sp³-hybridized carbons (Fsp3) is 0.929. The average molecular weight is 255 g/mol. The smallest absolute Gasteiger partial charge is 0.222 e. The maximum Gasteiger partial charge on any atom is 0.222 e. The molecular formula is C14H29N3O. The third kappa shape index (κ3) is 4.94. The normalized spacial score (nSPS) is 18.3. The Hall–Kier alpha value is -0.610. The van der Waals surface area contributed by atoms with Gasteiger partial charge >= 0.3 is 0 Å². The number of hydrogen-bond donors (Lipinski definition) is 0. The Morgan fingerprint density at radius 1 is 1.22 bits per heavy atom. The molecule has 1 heterocycles. The van der Waals surface area contributed by atoms with Crippen LogP contribution >= 0.6 is 0 Å². The number of rotatable bonds is 6. The second-order valence-electron chi connectivity index (χ2n) is 5.67. The first-order valence-electron chi connectivity index (χ1n) is 7.17. The monoisotopic (exact) mass is 255 g/mol. The number of nitrogens with zero attached hydrogens (tertiary/aromatic N) is 3. The molecule has 0 aliphatic carbocycles. The Balaban J connectivity index is 2.55. The molecule has 1 fully saturated rings. The van der Waals surface area contributed by atoms with Gasteiger partial charge < -0.3 is 14.7 Å². The summed E-state index contributed by atoms with van der Waals surface area (Å²) in [6.07, 6.45) is 3.89. The molecule has 1 amide bonds. The van der Waals surface area contributed by atoms with Gasteiger partial charge in [-0.15, -0.1) is 0 Å². The molecule has 0 aromatic carbocycles. The first kappa shape index (κ1) is 15.4. The van der Waals surface area contributed by atoms with Crippen molar-refractivity contribution in [2.24, 2.45) is 0 Å². The molecule has 0 bridgehead atoms. The highest BCUT2D eigenvalue weighted by Crippen LogP contribution is 2.17. The summed E-state index contributed by atoms with van der Waals surface area (Å²) in [5, 5.41) is 0. The van der Waals surface area contributed by atoms with Crippen molar-refractivity contribution in [2.45, 2.75) is 38.6 Å². The van der Waals surface area contributed by atoms with Crippen molar-refractivity contribution < 1.29 is 4.79 Å². The molecular weight excluding hydrogens is 226 g/mol. The first-order valence-corrected chi connectivity index (χ1v) is 7.17. The Kier molecular flexibility index (Phi) is 6.65. The van der Waals surface area contributed by atoms with E-state index in [9.17, 15) is 4.79 Å². The highest BCUT2D eigenvalue weighted by Gasteiger charge is 2.26. The summed E-state index contributed by atoms with van der Waals surface area (Å²) in [5.74, 6) is 0.342. The van der Waals surface area contributed by atoms with Crippen LogP contribution in [0.15, 0.2) is 0 Å². The van der Waals surface area contributed by atoms with Crippen LogP contribution in [0.1, 0.15) is 32.6 Å². The molecule has 1 aliphatic heterocycles.